The first-order valence-corrected chi connectivity index (χ1v) is 8.76. The van der Waals surface area contributed by atoms with E-state index in [9.17, 15) is 0 Å². The van der Waals surface area contributed by atoms with Crippen LogP contribution in [0.25, 0.3) is 10.8 Å². The van der Waals surface area contributed by atoms with E-state index < -0.39 is 4.97 Å². The van der Waals surface area contributed by atoms with Crippen LogP contribution >= 0.6 is 27.5 Å². The Morgan fingerprint density at radius 1 is 1.00 bits per heavy atom. The molecule has 0 bridgehead atoms. The lowest BCUT2D eigenvalue weighted by atomic mass is 10.1. The summed E-state index contributed by atoms with van der Waals surface area (Å²) in [6, 6.07) is 13.5. The first-order chi connectivity index (χ1) is 7.06. The highest BCUT2D eigenvalue weighted by atomic mass is 35.9. The van der Waals surface area contributed by atoms with E-state index in [2.05, 4.69) is 0 Å². The molecule has 0 heterocycles. The van der Waals surface area contributed by atoms with Crippen LogP contribution in [0.1, 0.15) is 0 Å². The molecule has 0 amide bonds. The Morgan fingerprint density at radius 2 is 1.67 bits per heavy atom. The predicted octanol–water partition coefficient (Wildman–Crippen LogP) is 4.92. The van der Waals surface area contributed by atoms with Gasteiger partial charge in [-0.1, -0.05) is 36.4 Å². The molecule has 0 unspecified atom stereocenters. The summed E-state index contributed by atoms with van der Waals surface area (Å²) in [7, 11) is 0. The van der Waals surface area contributed by atoms with Crippen LogP contribution in [0.15, 0.2) is 42.5 Å². The summed E-state index contributed by atoms with van der Waals surface area (Å²) in [5, 5.41) is 2.04. The Morgan fingerprint density at radius 3 is 2.40 bits per heavy atom. The molecule has 0 fully saturated rings. The molecule has 0 saturated carbocycles. The molecule has 0 N–H and O–H groups in total. The van der Waals surface area contributed by atoms with Gasteiger partial charge < -0.3 is 4.52 Å². The van der Waals surface area contributed by atoms with Gasteiger partial charge in [0.2, 0.25) is 0 Å². The number of hydrogen-bond donors (Lipinski definition) is 0. The monoisotopic (exact) mass is 276 g/mol. The molecule has 15 heavy (non-hydrogen) atoms. The van der Waals surface area contributed by atoms with Crippen LogP contribution in [0.2, 0.25) is 0 Å². The minimum absolute atomic E-state index is 0.640. The molecule has 0 aliphatic rings. The van der Waals surface area contributed by atoms with E-state index in [1.807, 2.05) is 42.5 Å². The average molecular weight is 277 g/mol. The van der Waals surface area contributed by atoms with E-state index >= 15 is 0 Å². The minimum atomic E-state index is -2.71. The summed E-state index contributed by atoms with van der Waals surface area (Å²) in [6.07, 6.45) is 0. The second-order valence-corrected chi connectivity index (χ2v) is 10.1. The van der Waals surface area contributed by atoms with Crippen LogP contribution < -0.4 is 4.52 Å². The molecule has 2 rings (SSSR count). The quantitative estimate of drug-likeness (QED) is 0.720. The fourth-order valence-corrected chi connectivity index (χ4v) is 2.46. The summed E-state index contributed by atoms with van der Waals surface area (Å²) in [4.78, 5) is -2.71. The lowest BCUT2D eigenvalue weighted by molar-refractivity contribution is 0.644. The predicted molar refractivity (Wildman–Crippen MR) is 70.6 cm³/mol. The van der Waals surface area contributed by atoms with E-state index in [1.165, 1.54) is 0 Å². The smallest absolute Gasteiger partial charge is 0.289 e. The third-order valence-corrected chi connectivity index (χ3v) is 3.00. The number of fused-ring (bicyclic) bond motifs is 1. The standard InChI is InChI=1S/C10H7Cl2OPS/c11-14(12,15)13-10-7-3-5-8-4-1-2-6-9(8)10/h1-7H. The molecule has 2 aromatic rings. The molecule has 2 aromatic carbocycles. The Hall–Kier alpha value is -0.270. The molecule has 0 aliphatic carbocycles. The van der Waals surface area contributed by atoms with Crippen molar-refractivity contribution in [3.8, 4) is 5.75 Å². The van der Waals surface area contributed by atoms with Gasteiger partial charge in [0.05, 0.1) is 0 Å². The van der Waals surface area contributed by atoms with E-state index in [-0.39, 0.29) is 0 Å². The molecule has 0 aliphatic heterocycles. The van der Waals surface area contributed by atoms with E-state index in [0.717, 1.165) is 10.8 Å². The van der Waals surface area contributed by atoms with Crippen molar-refractivity contribution in [2.45, 2.75) is 0 Å². The van der Waals surface area contributed by atoms with Gasteiger partial charge in [0.1, 0.15) is 5.75 Å². The maximum absolute atomic E-state index is 5.74. The molecular formula is C10H7Cl2OPS. The van der Waals surface area contributed by atoms with Gasteiger partial charge in [-0.25, -0.2) is 0 Å². The first kappa shape index (κ1) is 11.2. The number of benzene rings is 2. The van der Waals surface area contributed by atoms with Gasteiger partial charge in [-0.05, 0) is 45.7 Å². The van der Waals surface area contributed by atoms with Crippen molar-refractivity contribution in [1.82, 2.24) is 0 Å². The maximum atomic E-state index is 5.74. The highest BCUT2D eigenvalue weighted by Gasteiger charge is 2.12. The third-order valence-electron chi connectivity index (χ3n) is 1.95. The normalized spacial score (nSPS) is 11.6. The zero-order valence-corrected chi connectivity index (χ0v) is 10.8. The lowest BCUT2D eigenvalue weighted by Crippen LogP contribution is -1.83. The fraction of sp³-hybridized carbons (Fsp3) is 0. The van der Waals surface area contributed by atoms with Crippen molar-refractivity contribution in [3.63, 3.8) is 0 Å². The van der Waals surface area contributed by atoms with Gasteiger partial charge in [-0.15, -0.1) is 0 Å². The van der Waals surface area contributed by atoms with Crippen LogP contribution in [0.4, 0.5) is 0 Å². The van der Waals surface area contributed by atoms with Gasteiger partial charge in [-0.2, -0.15) is 0 Å². The zero-order valence-electron chi connectivity index (χ0n) is 7.56. The number of rotatable bonds is 2. The van der Waals surface area contributed by atoms with Crippen LogP contribution in [0.3, 0.4) is 0 Å². The van der Waals surface area contributed by atoms with Crippen molar-refractivity contribution in [2.24, 2.45) is 0 Å². The van der Waals surface area contributed by atoms with Crippen LogP contribution in [0, 0.1) is 0 Å². The molecule has 1 nitrogen and oxygen atoms in total. The van der Waals surface area contributed by atoms with Crippen molar-refractivity contribution in [3.05, 3.63) is 42.5 Å². The van der Waals surface area contributed by atoms with Gasteiger partial charge in [0.15, 0.2) is 0 Å². The molecule has 5 heteroatoms. The van der Waals surface area contributed by atoms with Crippen molar-refractivity contribution < 1.29 is 4.52 Å². The summed E-state index contributed by atoms with van der Waals surface area (Å²) in [6.45, 7) is 0. The van der Waals surface area contributed by atoms with E-state index in [0.29, 0.717) is 5.75 Å². The minimum Gasteiger partial charge on any atom is -0.440 e. The van der Waals surface area contributed by atoms with Gasteiger partial charge >= 0.3 is 0 Å². The molecule has 0 atom stereocenters. The maximum Gasteiger partial charge on any atom is 0.289 e. The summed E-state index contributed by atoms with van der Waals surface area (Å²) in [5.74, 6) is 0.640. The third kappa shape index (κ3) is 2.85. The van der Waals surface area contributed by atoms with E-state index in [1.54, 1.807) is 0 Å². The Bertz CT molecular complexity index is 532. The van der Waals surface area contributed by atoms with Crippen molar-refractivity contribution in [2.75, 3.05) is 0 Å². The Kier molecular flexibility index (Phi) is 3.22. The first-order valence-electron chi connectivity index (χ1n) is 4.23. The van der Waals surface area contributed by atoms with Gasteiger partial charge in [0, 0.05) is 5.39 Å². The second kappa shape index (κ2) is 4.31. The van der Waals surface area contributed by atoms with Gasteiger partial charge in [0.25, 0.3) is 4.97 Å². The van der Waals surface area contributed by atoms with Crippen molar-refractivity contribution >= 4 is 50.0 Å². The van der Waals surface area contributed by atoms with Crippen molar-refractivity contribution in [1.29, 1.82) is 0 Å². The second-order valence-electron chi connectivity index (χ2n) is 2.98. The molecule has 0 radical (unpaired) electrons. The van der Waals surface area contributed by atoms with Crippen LogP contribution in [-0.2, 0) is 11.8 Å². The van der Waals surface area contributed by atoms with Crippen LogP contribution in [0.5, 0.6) is 5.75 Å². The average Bonchev–Trinajstić information content (AvgIpc) is 2.16. The Balaban J connectivity index is 2.56. The van der Waals surface area contributed by atoms with Gasteiger partial charge in [-0.3, -0.25) is 0 Å². The molecular weight excluding hydrogens is 270 g/mol. The topological polar surface area (TPSA) is 9.23 Å². The number of hydrogen-bond acceptors (Lipinski definition) is 2. The Labute approximate surface area is 103 Å². The molecule has 0 saturated heterocycles. The van der Waals surface area contributed by atoms with E-state index in [4.69, 9.17) is 38.8 Å². The lowest BCUT2D eigenvalue weighted by Gasteiger charge is -2.11. The SMILES string of the molecule is S=P(Cl)(Cl)Oc1cccc2ccccc12. The highest BCUT2D eigenvalue weighted by molar-refractivity contribution is 8.36. The summed E-state index contributed by atoms with van der Waals surface area (Å²) < 4.78 is 5.37. The number of halogens is 2. The van der Waals surface area contributed by atoms with Crippen LogP contribution in [-0.4, -0.2) is 0 Å². The summed E-state index contributed by atoms with van der Waals surface area (Å²) >= 11 is 16.3. The molecule has 0 aromatic heterocycles. The summed E-state index contributed by atoms with van der Waals surface area (Å²) in [5.41, 5.74) is 0. The highest BCUT2D eigenvalue weighted by Crippen LogP contribution is 2.58. The molecule has 0 spiro atoms. The molecule has 78 valence electrons. The fourth-order valence-electron chi connectivity index (χ4n) is 1.39. The zero-order chi connectivity index (χ0) is 10.9. The largest absolute Gasteiger partial charge is 0.440 e.